The third-order valence-corrected chi connectivity index (χ3v) is 2.81. The van der Waals surface area contributed by atoms with Crippen LogP contribution in [0.5, 0.6) is 0 Å². The van der Waals surface area contributed by atoms with Gasteiger partial charge in [0, 0.05) is 10.2 Å². The van der Waals surface area contributed by atoms with E-state index in [1.165, 1.54) is 0 Å². The third kappa shape index (κ3) is 3.71. The lowest BCUT2D eigenvalue weighted by molar-refractivity contribution is -0.115. The molecule has 0 aliphatic heterocycles. The summed E-state index contributed by atoms with van der Waals surface area (Å²) in [4.78, 5) is 11.8. The SMILES string of the molecule is O=C(Cc1ccccc1)Nc1cccc(Br)c1. The molecule has 0 spiro atoms. The second kappa shape index (κ2) is 5.64. The lowest BCUT2D eigenvalue weighted by Gasteiger charge is -2.05. The molecule has 0 saturated heterocycles. The second-order valence-corrected chi connectivity index (χ2v) is 4.64. The maximum Gasteiger partial charge on any atom is 0.228 e. The highest BCUT2D eigenvalue weighted by Crippen LogP contribution is 2.15. The van der Waals surface area contributed by atoms with Crippen LogP contribution >= 0.6 is 15.9 Å². The normalized spacial score (nSPS) is 9.94. The summed E-state index contributed by atoms with van der Waals surface area (Å²) in [5, 5.41) is 2.86. The topological polar surface area (TPSA) is 29.1 Å². The third-order valence-electron chi connectivity index (χ3n) is 2.32. The Labute approximate surface area is 109 Å². The second-order valence-electron chi connectivity index (χ2n) is 3.72. The maximum atomic E-state index is 11.8. The Morgan fingerprint density at radius 1 is 1.06 bits per heavy atom. The predicted octanol–water partition coefficient (Wildman–Crippen LogP) is 3.63. The number of carbonyl (C=O) groups excluding carboxylic acids is 1. The van der Waals surface area contributed by atoms with Crippen LogP contribution in [-0.4, -0.2) is 5.91 Å². The summed E-state index contributed by atoms with van der Waals surface area (Å²) in [6.45, 7) is 0. The molecule has 86 valence electrons. The molecule has 1 amide bonds. The van der Waals surface area contributed by atoms with Crippen LogP contribution in [0, 0.1) is 0 Å². The van der Waals surface area contributed by atoms with Crippen LogP contribution in [0.2, 0.25) is 0 Å². The van der Waals surface area contributed by atoms with Crippen molar-refractivity contribution < 1.29 is 4.79 Å². The molecule has 0 saturated carbocycles. The monoisotopic (exact) mass is 289 g/mol. The fourth-order valence-corrected chi connectivity index (χ4v) is 1.95. The van der Waals surface area contributed by atoms with Crippen LogP contribution in [0.4, 0.5) is 5.69 Å². The van der Waals surface area contributed by atoms with E-state index in [-0.39, 0.29) is 5.91 Å². The van der Waals surface area contributed by atoms with Gasteiger partial charge in [0.1, 0.15) is 0 Å². The molecule has 1 N–H and O–H groups in total. The van der Waals surface area contributed by atoms with Gasteiger partial charge in [0.2, 0.25) is 5.91 Å². The van der Waals surface area contributed by atoms with E-state index < -0.39 is 0 Å². The van der Waals surface area contributed by atoms with Gasteiger partial charge in [-0.2, -0.15) is 0 Å². The summed E-state index contributed by atoms with van der Waals surface area (Å²) in [5.74, 6) is -0.00528. The average Bonchev–Trinajstić information content (AvgIpc) is 2.30. The van der Waals surface area contributed by atoms with Gasteiger partial charge in [-0.1, -0.05) is 52.3 Å². The first-order valence-electron chi connectivity index (χ1n) is 5.33. The molecule has 17 heavy (non-hydrogen) atoms. The number of amides is 1. The lowest BCUT2D eigenvalue weighted by Crippen LogP contribution is -2.14. The van der Waals surface area contributed by atoms with Crippen molar-refractivity contribution in [3.8, 4) is 0 Å². The molecule has 3 heteroatoms. The summed E-state index contributed by atoms with van der Waals surface area (Å²) in [6.07, 6.45) is 0.396. The summed E-state index contributed by atoms with van der Waals surface area (Å²) in [5.41, 5.74) is 1.82. The molecule has 2 rings (SSSR count). The number of nitrogens with one attached hydrogen (secondary N) is 1. The summed E-state index contributed by atoms with van der Waals surface area (Å²) >= 11 is 3.37. The Hall–Kier alpha value is -1.61. The van der Waals surface area contributed by atoms with Crippen molar-refractivity contribution in [1.82, 2.24) is 0 Å². The van der Waals surface area contributed by atoms with E-state index in [9.17, 15) is 4.79 Å². The minimum absolute atomic E-state index is 0.00528. The van der Waals surface area contributed by atoms with Crippen LogP contribution in [0.25, 0.3) is 0 Å². The fraction of sp³-hybridized carbons (Fsp3) is 0.0714. The van der Waals surface area contributed by atoms with Crippen molar-refractivity contribution in [3.05, 3.63) is 64.6 Å². The number of rotatable bonds is 3. The summed E-state index contributed by atoms with van der Waals surface area (Å²) < 4.78 is 0.954. The zero-order valence-corrected chi connectivity index (χ0v) is 10.8. The van der Waals surface area contributed by atoms with Gasteiger partial charge in [0.05, 0.1) is 6.42 Å². The van der Waals surface area contributed by atoms with E-state index in [0.717, 1.165) is 15.7 Å². The van der Waals surface area contributed by atoms with Gasteiger partial charge in [-0.25, -0.2) is 0 Å². The molecule has 0 atom stereocenters. The highest BCUT2D eigenvalue weighted by molar-refractivity contribution is 9.10. The van der Waals surface area contributed by atoms with Gasteiger partial charge >= 0.3 is 0 Å². The number of anilines is 1. The zero-order valence-electron chi connectivity index (χ0n) is 9.19. The number of halogens is 1. The molecule has 0 aromatic heterocycles. The zero-order chi connectivity index (χ0) is 12.1. The van der Waals surface area contributed by atoms with E-state index in [1.807, 2.05) is 54.6 Å². The van der Waals surface area contributed by atoms with Gasteiger partial charge in [-0.3, -0.25) is 4.79 Å². The van der Waals surface area contributed by atoms with Crippen molar-refractivity contribution in [3.63, 3.8) is 0 Å². The summed E-state index contributed by atoms with van der Waals surface area (Å²) in [7, 11) is 0. The first-order chi connectivity index (χ1) is 8.24. The Morgan fingerprint density at radius 3 is 2.53 bits per heavy atom. The first kappa shape index (κ1) is 11.9. The molecule has 2 aromatic carbocycles. The van der Waals surface area contributed by atoms with Gasteiger partial charge in [-0.15, -0.1) is 0 Å². The fourth-order valence-electron chi connectivity index (χ4n) is 1.55. The Balaban J connectivity index is 1.98. The standard InChI is InChI=1S/C14H12BrNO/c15-12-7-4-8-13(10-12)16-14(17)9-11-5-2-1-3-6-11/h1-8,10H,9H2,(H,16,17). The molecular weight excluding hydrogens is 278 g/mol. The molecule has 0 aliphatic carbocycles. The first-order valence-corrected chi connectivity index (χ1v) is 6.13. The van der Waals surface area contributed by atoms with E-state index in [2.05, 4.69) is 21.2 Å². The highest BCUT2D eigenvalue weighted by Gasteiger charge is 2.03. The highest BCUT2D eigenvalue weighted by atomic mass is 79.9. The van der Waals surface area contributed by atoms with E-state index >= 15 is 0 Å². The van der Waals surface area contributed by atoms with Crippen molar-refractivity contribution in [1.29, 1.82) is 0 Å². The minimum Gasteiger partial charge on any atom is -0.326 e. The Bertz CT molecular complexity index is 511. The van der Waals surface area contributed by atoms with Crippen molar-refractivity contribution in [2.45, 2.75) is 6.42 Å². The number of hydrogen-bond donors (Lipinski definition) is 1. The van der Waals surface area contributed by atoms with Crippen LogP contribution in [0.3, 0.4) is 0 Å². The van der Waals surface area contributed by atoms with Crippen LogP contribution < -0.4 is 5.32 Å². The molecule has 0 unspecified atom stereocenters. The van der Waals surface area contributed by atoms with Crippen LogP contribution in [0.1, 0.15) is 5.56 Å². The minimum atomic E-state index is -0.00528. The lowest BCUT2D eigenvalue weighted by atomic mass is 10.1. The number of hydrogen-bond acceptors (Lipinski definition) is 1. The van der Waals surface area contributed by atoms with Gasteiger partial charge < -0.3 is 5.32 Å². The molecule has 2 aromatic rings. The smallest absolute Gasteiger partial charge is 0.228 e. The van der Waals surface area contributed by atoms with Crippen molar-refractivity contribution in [2.75, 3.05) is 5.32 Å². The largest absolute Gasteiger partial charge is 0.326 e. The van der Waals surface area contributed by atoms with E-state index in [1.54, 1.807) is 0 Å². The molecule has 0 fully saturated rings. The number of carbonyl (C=O) groups is 1. The van der Waals surface area contributed by atoms with Crippen molar-refractivity contribution >= 4 is 27.5 Å². The van der Waals surface area contributed by atoms with Crippen molar-refractivity contribution in [2.24, 2.45) is 0 Å². The van der Waals surface area contributed by atoms with Gasteiger partial charge in [-0.05, 0) is 23.8 Å². The molecule has 2 nitrogen and oxygen atoms in total. The van der Waals surface area contributed by atoms with Gasteiger partial charge in [0.15, 0.2) is 0 Å². The predicted molar refractivity (Wildman–Crippen MR) is 72.9 cm³/mol. The summed E-state index contributed by atoms with van der Waals surface area (Å²) in [6, 6.07) is 17.3. The van der Waals surface area contributed by atoms with Crippen LogP contribution in [-0.2, 0) is 11.2 Å². The Kier molecular flexibility index (Phi) is 3.94. The maximum absolute atomic E-state index is 11.8. The van der Waals surface area contributed by atoms with Gasteiger partial charge in [0.25, 0.3) is 0 Å². The number of benzene rings is 2. The molecule has 0 aliphatic rings. The Morgan fingerprint density at radius 2 is 1.82 bits per heavy atom. The quantitative estimate of drug-likeness (QED) is 0.919. The van der Waals surface area contributed by atoms with E-state index in [0.29, 0.717) is 6.42 Å². The van der Waals surface area contributed by atoms with Crippen LogP contribution in [0.15, 0.2) is 59.1 Å². The average molecular weight is 290 g/mol. The molecular formula is C14H12BrNO. The van der Waals surface area contributed by atoms with E-state index in [4.69, 9.17) is 0 Å². The molecule has 0 heterocycles. The molecule has 0 radical (unpaired) electrons. The molecule has 0 bridgehead atoms.